The molecule has 3 heteroatoms. The van der Waals surface area contributed by atoms with Gasteiger partial charge in [0.25, 0.3) is 0 Å². The van der Waals surface area contributed by atoms with Crippen molar-refractivity contribution in [1.82, 2.24) is 0 Å². The van der Waals surface area contributed by atoms with Gasteiger partial charge in [-0.2, -0.15) is 0 Å². The molecule has 0 aliphatic carbocycles. The van der Waals surface area contributed by atoms with Crippen LogP contribution in [0.25, 0.3) is 0 Å². The van der Waals surface area contributed by atoms with Crippen molar-refractivity contribution in [2.45, 2.75) is 6.42 Å². The van der Waals surface area contributed by atoms with E-state index in [1.54, 1.807) is 11.3 Å². The molecule has 0 radical (unpaired) electrons. The fourth-order valence-electron chi connectivity index (χ4n) is 0.606. The molecular weight excluding hydrogens is 200 g/mol. The van der Waals surface area contributed by atoms with Gasteiger partial charge >= 0.3 is 0 Å². The Hall–Kier alpha value is 0.140. The van der Waals surface area contributed by atoms with Crippen LogP contribution in [0.2, 0.25) is 0 Å². The summed E-state index contributed by atoms with van der Waals surface area (Å²) >= 11 is 4.99. The largest absolute Gasteiger partial charge is 0.396 e. The van der Waals surface area contributed by atoms with E-state index in [-0.39, 0.29) is 6.61 Å². The van der Waals surface area contributed by atoms with E-state index in [9.17, 15) is 0 Å². The summed E-state index contributed by atoms with van der Waals surface area (Å²) in [5.41, 5.74) is 1.20. The zero-order chi connectivity index (χ0) is 6.69. The van der Waals surface area contributed by atoms with Crippen LogP contribution in [0.4, 0.5) is 0 Å². The molecule has 0 amide bonds. The number of halogens is 1. The zero-order valence-corrected chi connectivity index (χ0v) is 7.20. The molecule has 1 rings (SSSR count). The fraction of sp³-hybridized carbons (Fsp3) is 0.333. The summed E-state index contributed by atoms with van der Waals surface area (Å²) < 4.78 is 1.13. The van der Waals surface area contributed by atoms with Gasteiger partial charge in [0.1, 0.15) is 0 Å². The van der Waals surface area contributed by atoms with Gasteiger partial charge in [-0.05, 0) is 39.4 Å². The second kappa shape index (κ2) is 3.34. The monoisotopic (exact) mass is 206 g/mol. The molecule has 0 aliphatic heterocycles. The molecule has 0 bridgehead atoms. The van der Waals surface area contributed by atoms with Gasteiger partial charge in [-0.1, -0.05) is 0 Å². The third-order valence-corrected chi connectivity index (χ3v) is 2.58. The van der Waals surface area contributed by atoms with Crippen LogP contribution in [0.15, 0.2) is 15.2 Å². The number of aliphatic hydroxyl groups is 1. The first kappa shape index (κ1) is 7.25. The van der Waals surface area contributed by atoms with Crippen LogP contribution in [-0.2, 0) is 6.42 Å². The molecular formula is C6H7BrOS. The van der Waals surface area contributed by atoms with Crippen LogP contribution >= 0.6 is 27.3 Å². The summed E-state index contributed by atoms with van der Waals surface area (Å²) in [6.45, 7) is 0.239. The van der Waals surface area contributed by atoms with Crippen molar-refractivity contribution in [2.24, 2.45) is 0 Å². The SMILES string of the molecule is OCCc1csc(Br)c1. The number of hydrogen-bond donors (Lipinski definition) is 1. The first-order valence-corrected chi connectivity index (χ1v) is 4.34. The molecule has 50 valence electrons. The fourth-order valence-corrected chi connectivity index (χ4v) is 1.85. The highest BCUT2D eigenvalue weighted by atomic mass is 79.9. The maximum Gasteiger partial charge on any atom is 0.0701 e. The molecule has 0 unspecified atom stereocenters. The Labute approximate surface area is 66.5 Å². The first-order valence-electron chi connectivity index (χ1n) is 2.66. The molecule has 1 heterocycles. The van der Waals surface area contributed by atoms with Crippen molar-refractivity contribution in [2.75, 3.05) is 6.61 Å². The van der Waals surface area contributed by atoms with Crippen molar-refractivity contribution in [1.29, 1.82) is 0 Å². The van der Waals surface area contributed by atoms with Gasteiger partial charge in [-0.3, -0.25) is 0 Å². The first-order chi connectivity index (χ1) is 4.33. The van der Waals surface area contributed by atoms with E-state index in [0.717, 1.165) is 10.2 Å². The number of aliphatic hydroxyl groups excluding tert-OH is 1. The van der Waals surface area contributed by atoms with Gasteiger partial charge in [0.15, 0.2) is 0 Å². The maximum absolute atomic E-state index is 8.52. The van der Waals surface area contributed by atoms with E-state index in [2.05, 4.69) is 15.9 Å². The minimum Gasteiger partial charge on any atom is -0.396 e. The molecule has 1 aromatic rings. The van der Waals surface area contributed by atoms with Crippen LogP contribution in [0.5, 0.6) is 0 Å². The van der Waals surface area contributed by atoms with Gasteiger partial charge in [0.2, 0.25) is 0 Å². The number of thiophene rings is 1. The standard InChI is InChI=1S/C6H7BrOS/c7-6-3-5(1-2-8)4-9-6/h3-4,8H,1-2H2. The molecule has 0 saturated carbocycles. The van der Waals surface area contributed by atoms with Gasteiger partial charge in [-0.25, -0.2) is 0 Å². The normalized spacial score (nSPS) is 10.0. The van der Waals surface area contributed by atoms with E-state index in [4.69, 9.17) is 5.11 Å². The molecule has 0 saturated heterocycles. The van der Waals surface area contributed by atoms with Gasteiger partial charge < -0.3 is 5.11 Å². The Morgan fingerprint density at radius 3 is 2.89 bits per heavy atom. The van der Waals surface area contributed by atoms with E-state index < -0.39 is 0 Å². The van der Waals surface area contributed by atoms with Crippen LogP contribution < -0.4 is 0 Å². The molecule has 1 N–H and O–H groups in total. The lowest BCUT2D eigenvalue weighted by Crippen LogP contribution is -1.85. The Bertz CT molecular complexity index is 185. The summed E-state index contributed by atoms with van der Waals surface area (Å²) in [7, 11) is 0. The van der Waals surface area contributed by atoms with Crippen LogP contribution in [-0.4, -0.2) is 11.7 Å². The summed E-state index contributed by atoms with van der Waals surface area (Å²) in [5, 5.41) is 10.6. The third-order valence-electron chi connectivity index (χ3n) is 1.02. The molecule has 0 aliphatic rings. The minimum atomic E-state index is 0.239. The van der Waals surface area contributed by atoms with E-state index in [0.29, 0.717) is 0 Å². The highest BCUT2D eigenvalue weighted by molar-refractivity contribution is 9.11. The second-order valence-electron chi connectivity index (χ2n) is 1.73. The predicted octanol–water partition coefficient (Wildman–Crippen LogP) is 2.05. The van der Waals surface area contributed by atoms with Crippen molar-refractivity contribution in [3.63, 3.8) is 0 Å². The van der Waals surface area contributed by atoms with Gasteiger partial charge in [0, 0.05) is 6.61 Å². The van der Waals surface area contributed by atoms with Gasteiger partial charge in [0.05, 0.1) is 3.79 Å². The van der Waals surface area contributed by atoms with Crippen molar-refractivity contribution in [3.05, 3.63) is 20.8 Å². The van der Waals surface area contributed by atoms with Gasteiger partial charge in [-0.15, -0.1) is 11.3 Å². The van der Waals surface area contributed by atoms with Crippen molar-refractivity contribution in [3.8, 4) is 0 Å². The van der Waals surface area contributed by atoms with Crippen LogP contribution in [0.3, 0.4) is 0 Å². The van der Waals surface area contributed by atoms with Crippen LogP contribution in [0.1, 0.15) is 5.56 Å². The average Bonchev–Trinajstić information content (AvgIpc) is 2.17. The lowest BCUT2D eigenvalue weighted by Gasteiger charge is -1.86. The lowest BCUT2D eigenvalue weighted by atomic mass is 10.3. The molecule has 9 heavy (non-hydrogen) atoms. The summed E-state index contributed by atoms with van der Waals surface area (Å²) in [5.74, 6) is 0. The smallest absolute Gasteiger partial charge is 0.0701 e. The summed E-state index contributed by atoms with van der Waals surface area (Å²) in [4.78, 5) is 0. The lowest BCUT2D eigenvalue weighted by molar-refractivity contribution is 0.300. The Morgan fingerprint density at radius 2 is 2.44 bits per heavy atom. The topological polar surface area (TPSA) is 20.2 Å². The maximum atomic E-state index is 8.52. The number of rotatable bonds is 2. The zero-order valence-electron chi connectivity index (χ0n) is 4.80. The van der Waals surface area contributed by atoms with Crippen molar-refractivity contribution < 1.29 is 5.11 Å². The highest BCUT2D eigenvalue weighted by Crippen LogP contribution is 2.20. The van der Waals surface area contributed by atoms with Crippen molar-refractivity contribution >= 4 is 27.3 Å². The Morgan fingerprint density at radius 1 is 1.67 bits per heavy atom. The highest BCUT2D eigenvalue weighted by Gasteiger charge is 1.93. The van der Waals surface area contributed by atoms with Crippen LogP contribution in [0, 0.1) is 0 Å². The third kappa shape index (κ3) is 2.08. The molecule has 1 aromatic heterocycles. The Kier molecular flexibility index (Phi) is 2.69. The second-order valence-corrected chi connectivity index (χ2v) is 4.02. The molecule has 0 fully saturated rings. The molecule has 0 aromatic carbocycles. The molecule has 1 nitrogen and oxygen atoms in total. The average molecular weight is 207 g/mol. The molecule has 0 spiro atoms. The minimum absolute atomic E-state index is 0.239. The van der Waals surface area contributed by atoms with E-state index in [1.807, 2.05) is 11.4 Å². The van der Waals surface area contributed by atoms with E-state index in [1.165, 1.54) is 5.56 Å². The summed E-state index contributed by atoms with van der Waals surface area (Å²) in [6.07, 6.45) is 0.766. The quantitative estimate of drug-likeness (QED) is 0.786. The summed E-state index contributed by atoms with van der Waals surface area (Å²) in [6, 6.07) is 2.03. The Balaban J connectivity index is 2.61. The van der Waals surface area contributed by atoms with E-state index >= 15 is 0 Å². The number of hydrogen-bond acceptors (Lipinski definition) is 2. The predicted molar refractivity (Wildman–Crippen MR) is 42.8 cm³/mol. The molecule has 0 atom stereocenters.